The third-order valence-corrected chi connectivity index (χ3v) is 4.29. The Balaban J connectivity index is 2.01. The van der Waals surface area contributed by atoms with Crippen LogP contribution in [0.25, 0.3) is 0 Å². The first-order valence-corrected chi connectivity index (χ1v) is 9.66. The number of benzene rings is 1. The molecule has 158 valence electrons. The van der Waals surface area contributed by atoms with Crippen LogP contribution in [0.4, 0.5) is 4.79 Å². The van der Waals surface area contributed by atoms with E-state index in [1.807, 2.05) is 31.2 Å². The van der Waals surface area contributed by atoms with Gasteiger partial charge >= 0.3 is 12.1 Å². The molecule has 0 saturated heterocycles. The molecule has 0 bridgehead atoms. The smallest absolute Gasteiger partial charge is 0.408 e. The van der Waals surface area contributed by atoms with Crippen molar-refractivity contribution < 1.29 is 19.1 Å². The zero-order valence-electron chi connectivity index (χ0n) is 17.9. The van der Waals surface area contributed by atoms with Gasteiger partial charge in [-0.15, -0.1) is 0 Å². The molecule has 1 aromatic carbocycles. The van der Waals surface area contributed by atoms with Crippen LogP contribution in [0, 0.1) is 0 Å². The number of amides is 1. The third kappa shape index (κ3) is 6.89. The van der Waals surface area contributed by atoms with Crippen molar-refractivity contribution in [2.75, 3.05) is 0 Å². The van der Waals surface area contributed by atoms with E-state index in [1.165, 1.54) is 22.9 Å². The fourth-order valence-corrected chi connectivity index (χ4v) is 2.66. The van der Waals surface area contributed by atoms with E-state index in [0.717, 1.165) is 5.56 Å². The van der Waals surface area contributed by atoms with Crippen LogP contribution >= 0.6 is 0 Å². The van der Waals surface area contributed by atoms with Gasteiger partial charge in [0.25, 0.3) is 0 Å². The van der Waals surface area contributed by atoms with E-state index in [-0.39, 0.29) is 24.1 Å². The average molecular weight is 402 g/mol. The molecule has 0 radical (unpaired) electrons. The zero-order chi connectivity index (χ0) is 21.6. The third-order valence-electron chi connectivity index (χ3n) is 4.29. The van der Waals surface area contributed by atoms with Crippen LogP contribution in [0.1, 0.15) is 58.7 Å². The zero-order valence-corrected chi connectivity index (χ0v) is 17.9. The number of ether oxygens (including phenoxy) is 2. The van der Waals surface area contributed by atoms with Crippen molar-refractivity contribution in [1.82, 2.24) is 20.1 Å². The van der Waals surface area contributed by atoms with Crippen LogP contribution in [0.15, 0.2) is 36.9 Å². The second kappa shape index (κ2) is 9.54. The van der Waals surface area contributed by atoms with Gasteiger partial charge in [0.2, 0.25) is 6.10 Å². The standard InChI is InChI=1S/C21H30N4O4/c1-14(2)28-19(26)18(11-25-13-22-12-23-25)29-20(27)24-15(3)16-7-9-17(10-8-16)21(4,5)6/h7-10,12-15,18H,11H2,1-6H3,(H,24,27)/t15-,18+/m0/s1. The lowest BCUT2D eigenvalue weighted by Crippen LogP contribution is -2.38. The second-order valence-electron chi connectivity index (χ2n) is 8.24. The maximum absolute atomic E-state index is 12.4. The van der Waals surface area contributed by atoms with Crippen molar-refractivity contribution in [3.63, 3.8) is 0 Å². The first-order chi connectivity index (χ1) is 13.6. The molecule has 2 rings (SSSR count). The molecule has 1 N–H and O–H groups in total. The maximum Gasteiger partial charge on any atom is 0.408 e. The van der Waals surface area contributed by atoms with Crippen molar-refractivity contribution in [2.24, 2.45) is 0 Å². The topological polar surface area (TPSA) is 95.3 Å². The van der Waals surface area contributed by atoms with Gasteiger partial charge in [-0.3, -0.25) is 0 Å². The number of hydrogen-bond acceptors (Lipinski definition) is 6. The number of nitrogens with zero attached hydrogens (tertiary/aromatic N) is 3. The van der Waals surface area contributed by atoms with E-state index in [4.69, 9.17) is 9.47 Å². The van der Waals surface area contributed by atoms with E-state index in [1.54, 1.807) is 13.8 Å². The number of rotatable bonds is 7. The van der Waals surface area contributed by atoms with Crippen molar-refractivity contribution in [1.29, 1.82) is 0 Å². The van der Waals surface area contributed by atoms with Crippen LogP contribution in [0.2, 0.25) is 0 Å². The molecule has 29 heavy (non-hydrogen) atoms. The van der Waals surface area contributed by atoms with E-state index in [0.29, 0.717) is 0 Å². The van der Waals surface area contributed by atoms with Crippen LogP contribution in [0.5, 0.6) is 0 Å². The number of nitrogens with one attached hydrogen (secondary N) is 1. The Hall–Kier alpha value is -2.90. The fraction of sp³-hybridized carbons (Fsp3) is 0.524. The summed E-state index contributed by atoms with van der Waals surface area (Å²) in [6.45, 7) is 11.8. The van der Waals surface area contributed by atoms with Gasteiger partial charge in [0, 0.05) is 0 Å². The molecule has 1 amide bonds. The molecular formula is C21H30N4O4. The summed E-state index contributed by atoms with van der Waals surface area (Å²) in [6.07, 6.45) is 0.621. The van der Waals surface area contributed by atoms with Gasteiger partial charge in [-0.25, -0.2) is 19.3 Å². The summed E-state index contributed by atoms with van der Waals surface area (Å²) in [5, 5.41) is 6.71. The van der Waals surface area contributed by atoms with Crippen molar-refractivity contribution in [3.8, 4) is 0 Å². The number of carbonyl (C=O) groups is 2. The van der Waals surface area contributed by atoms with Gasteiger partial charge in [0.1, 0.15) is 12.7 Å². The minimum Gasteiger partial charge on any atom is -0.460 e. The molecule has 0 spiro atoms. The van der Waals surface area contributed by atoms with Gasteiger partial charge in [-0.05, 0) is 37.3 Å². The largest absolute Gasteiger partial charge is 0.460 e. The lowest BCUT2D eigenvalue weighted by atomic mass is 9.86. The van der Waals surface area contributed by atoms with Crippen LogP contribution in [0.3, 0.4) is 0 Å². The van der Waals surface area contributed by atoms with Crippen molar-refractivity contribution in [3.05, 3.63) is 48.0 Å². The van der Waals surface area contributed by atoms with Crippen LogP contribution in [-0.2, 0) is 26.2 Å². The van der Waals surface area contributed by atoms with Gasteiger partial charge in [0.15, 0.2) is 0 Å². The molecule has 2 aromatic rings. The van der Waals surface area contributed by atoms with Crippen molar-refractivity contribution >= 4 is 12.1 Å². The number of carbonyl (C=O) groups excluding carboxylic acids is 2. The van der Waals surface area contributed by atoms with Crippen LogP contribution in [-0.4, -0.2) is 39.0 Å². The molecule has 8 nitrogen and oxygen atoms in total. The number of aromatic nitrogens is 3. The lowest BCUT2D eigenvalue weighted by molar-refractivity contribution is -0.158. The Bertz CT molecular complexity index is 795. The summed E-state index contributed by atoms with van der Waals surface area (Å²) in [6, 6.07) is 7.76. The SMILES string of the molecule is CC(C)OC(=O)[C@@H](Cn1cncn1)OC(=O)N[C@@H](C)c1ccc(C(C)(C)C)cc1. The Morgan fingerprint density at radius 3 is 2.28 bits per heavy atom. The second-order valence-corrected chi connectivity index (χ2v) is 8.24. The summed E-state index contributed by atoms with van der Waals surface area (Å²) in [5.41, 5.74) is 2.20. The summed E-state index contributed by atoms with van der Waals surface area (Å²) < 4.78 is 11.9. The number of alkyl carbamates (subject to hydrolysis) is 1. The van der Waals surface area contributed by atoms with E-state index >= 15 is 0 Å². The van der Waals surface area contributed by atoms with Gasteiger partial charge in [-0.1, -0.05) is 45.0 Å². The highest BCUT2D eigenvalue weighted by Gasteiger charge is 2.27. The fourth-order valence-electron chi connectivity index (χ4n) is 2.66. The highest BCUT2D eigenvalue weighted by Crippen LogP contribution is 2.24. The predicted molar refractivity (Wildman–Crippen MR) is 108 cm³/mol. The van der Waals surface area contributed by atoms with Gasteiger partial charge in [0.05, 0.1) is 18.7 Å². The lowest BCUT2D eigenvalue weighted by Gasteiger charge is -2.22. The molecule has 1 aromatic heterocycles. The molecule has 1 heterocycles. The minimum atomic E-state index is -1.13. The Morgan fingerprint density at radius 2 is 1.76 bits per heavy atom. The number of esters is 1. The molecule has 0 unspecified atom stereocenters. The number of hydrogen-bond donors (Lipinski definition) is 1. The van der Waals surface area contributed by atoms with E-state index in [2.05, 4.69) is 36.2 Å². The predicted octanol–water partition coefficient (Wildman–Crippen LogP) is 3.38. The van der Waals surface area contributed by atoms with E-state index < -0.39 is 18.2 Å². The minimum absolute atomic E-state index is 0.0215. The first kappa shape index (κ1) is 22.4. The van der Waals surface area contributed by atoms with Crippen molar-refractivity contribution in [2.45, 2.75) is 71.8 Å². The first-order valence-electron chi connectivity index (χ1n) is 9.66. The molecular weight excluding hydrogens is 372 g/mol. The normalized spacial score (nSPS) is 13.6. The summed E-state index contributed by atoms with van der Waals surface area (Å²) in [4.78, 5) is 28.5. The highest BCUT2D eigenvalue weighted by atomic mass is 16.6. The average Bonchev–Trinajstić information content (AvgIpc) is 3.13. The highest BCUT2D eigenvalue weighted by molar-refractivity contribution is 5.79. The van der Waals surface area contributed by atoms with Gasteiger partial charge in [-0.2, -0.15) is 5.10 Å². The van der Waals surface area contributed by atoms with Gasteiger partial charge < -0.3 is 14.8 Å². The Morgan fingerprint density at radius 1 is 1.10 bits per heavy atom. The molecule has 0 aliphatic rings. The monoisotopic (exact) mass is 402 g/mol. The summed E-state index contributed by atoms with van der Waals surface area (Å²) in [7, 11) is 0. The quantitative estimate of drug-likeness (QED) is 0.714. The molecule has 2 atom stereocenters. The molecule has 0 saturated carbocycles. The molecule has 0 fully saturated rings. The Labute approximate surface area is 171 Å². The summed E-state index contributed by atoms with van der Waals surface area (Å²) in [5.74, 6) is -0.632. The maximum atomic E-state index is 12.4. The van der Waals surface area contributed by atoms with Crippen LogP contribution < -0.4 is 5.32 Å². The van der Waals surface area contributed by atoms with E-state index in [9.17, 15) is 9.59 Å². The molecule has 8 heteroatoms. The Kier molecular flexibility index (Phi) is 7.36. The summed E-state index contributed by atoms with van der Waals surface area (Å²) >= 11 is 0. The molecule has 0 aliphatic heterocycles. The molecule has 0 aliphatic carbocycles.